The van der Waals surface area contributed by atoms with Crippen LogP contribution in [-0.4, -0.2) is 12.7 Å². The van der Waals surface area contributed by atoms with Gasteiger partial charge in [-0.3, -0.25) is 0 Å². The number of amides is 1. The monoisotopic (exact) mass is 205 g/mol. The molecule has 1 heterocycles. The molecule has 15 heavy (non-hydrogen) atoms. The summed E-state index contributed by atoms with van der Waals surface area (Å²) in [4.78, 5) is 11.0. The van der Waals surface area contributed by atoms with E-state index in [1.54, 1.807) is 0 Å². The SMILES string of the molecule is CC(C)c1ccccc1C1COC(=O)N1. The van der Waals surface area contributed by atoms with E-state index in [0.717, 1.165) is 0 Å². The predicted molar refractivity (Wildman–Crippen MR) is 57.8 cm³/mol. The summed E-state index contributed by atoms with van der Waals surface area (Å²) in [6.45, 7) is 4.73. The Bertz CT molecular complexity index is 374. The van der Waals surface area contributed by atoms with E-state index in [4.69, 9.17) is 4.74 Å². The zero-order chi connectivity index (χ0) is 10.8. The molecule has 0 saturated carbocycles. The topological polar surface area (TPSA) is 38.3 Å². The van der Waals surface area contributed by atoms with Crippen LogP contribution < -0.4 is 5.32 Å². The van der Waals surface area contributed by atoms with Gasteiger partial charge in [-0.05, 0) is 17.0 Å². The molecule has 3 heteroatoms. The number of nitrogens with one attached hydrogen (secondary N) is 1. The van der Waals surface area contributed by atoms with E-state index in [2.05, 4.69) is 31.3 Å². The van der Waals surface area contributed by atoms with Crippen LogP contribution >= 0.6 is 0 Å². The van der Waals surface area contributed by atoms with Crippen LogP contribution in [0.3, 0.4) is 0 Å². The second-order valence-corrected chi connectivity index (χ2v) is 4.08. The first-order valence-electron chi connectivity index (χ1n) is 5.20. The van der Waals surface area contributed by atoms with Gasteiger partial charge < -0.3 is 10.1 Å². The summed E-state index contributed by atoms with van der Waals surface area (Å²) in [6, 6.07) is 8.18. The van der Waals surface area contributed by atoms with E-state index >= 15 is 0 Å². The van der Waals surface area contributed by atoms with Crippen molar-refractivity contribution >= 4 is 6.09 Å². The highest BCUT2D eigenvalue weighted by atomic mass is 16.6. The summed E-state index contributed by atoms with van der Waals surface area (Å²) in [6.07, 6.45) is -0.321. The Morgan fingerprint density at radius 1 is 1.40 bits per heavy atom. The lowest BCUT2D eigenvalue weighted by molar-refractivity contribution is 0.177. The Morgan fingerprint density at radius 3 is 2.73 bits per heavy atom. The molecule has 1 fully saturated rings. The number of carbonyl (C=O) groups is 1. The molecule has 1 aromatic rings. The Kier molecular flexibility index (Phi) is 2.62. The molecule has 1 aliphatic rings. The summed E-state index contributed by atoms with van der Waals surface area (Å²) in [7, 11) is 0. The molecule has 1 N–H and O–H groups in total. The van der Waals surface area contributed by atoms with Gasteiger partial charge in [0, 0.05) is 0 Å². The highest BCUT2D eigenvalue weighted by molar-refractivity contribution is 5.70. The van der Waals surface area contributed by atoms with Gasteiger partial charge in [0.15, 0.2) is 0 Å². The van der Waals surface area contributed by atoms with Crippen molar-refractivity contribution in [2.75, 3.05) is 6.61 Å². The molecule has 2 rings (SSSR count). The van der Waals surface area contributed by atoms with Crippen molar-refractivity contribution in [2.24, 2.45) is 0 Å². The van der Waals surface area contributed by atoms with Gasteiger partial charge in [0.2, 0.25) is 0 Å². The first-order chi connectivity index (χ1) is 7.18. The van der Waals surface area contributed by atoms with E-state index in [0.29, 0.717) is 12.5 Å². The van der Waals surface area contributed by atoms with Crippen molar-refractivity contribution in [3.05, 3.63) is 35.4 Å². The standard InChI is InChI=1S/C12H15NO2/c1-8(2)9-5-3-4-6-10(9)11-7-15-12(14)13-11/h3-6,8,11H,7H2,1-2H3,(H,13,14). The molecule has 1 aliphatic heterocycles. The minimum Gasteiger partial charge on any atom is -0.447 e. The quantitative estimate of drug-likeness (QED) is 0.805. The third-order valence-corrected chi connectivity index (χ3v) is 2.67. The van der Waals surface area contributed by atoms with Crippen molar-refractivity contribution in [2.45, 2.75) is 25.8 Å². The van der Waals surface area contributed by atoms with Gasteiger partial charge in [-0.25, -0.2) is 4.79 Å². The average Bonchev–Trinajstić information content (AvgIpc) is 2.65. The number of hydrogen-bond acceptors (Lipinski definition) is 2. The Balaban J connectivity index is 2.31. The van der Waals surface area contributed by atoms with Crippen LogP contribution in [-0.2, 0) is 4.74 Å². The van der Waals surface area contributed by atoms with Gasteiger partial charge >= 0.3 is 6.09 Å². The van der Waals surface area contributed by atoms with Gasteiger partial charge in [0.1, 0.15) is 6.61 Å². The Morgan fingerprint density at radius 2 is 2.13 bits per heavy atom. The Hall–Kier alpha value is -1.51. The van der Waals surface area contributed by atoms with Crippen LogP contribution in [0, 0.1) is 0 Å². The van der Waals surface area contributed by atoms with Crippen LogP contribution in [0.1, 0.15) is 36.9 Å². The number of cyclic esters (lactones) is 1. The number of ether oxygens (including phenoxy) is 1. The van der Waals surface area contributed by atoms with E-state index < -0.39 is 0 Å². The number of hydrogen-bond donors (Lipinski definition) is 1. The van der Waals surface area contributed by atoms with E-state index in [9.17, 15) is 4.79 Å². The molecule has 0 aliphatic carbocycles. The van der Waals surface area contributed by atoms with Crippen molar-refractivity contribution in [1.29, 1.82) is 0 Å². The van der Waals surface area contributed by atoms with Crippen LogP contribution in [0.5, 0.6) is 0 Å². The average molecular weight is 205 g/mol. The second kappa shape index (κ2) is 3.93. The highest BCUT2D eigenvalue weighted by Crippen LogP contribution is 2.26. The maximum absolute atomic E-state index is 11.0. The minimum atomic E-state index is -0.321. The third-order valence-electron chi connectivity index (χ3n) is 2.67. The number of carbonyl (C=O) groups excluding carboxylic acids is 1. The van der Waals surface area contributed by atoms with Crippen molar-refractivity contribution < 1.29 is 9.53 Å². The lowest BCUT2D eigenvalue weighted by Gasteiger charge is -2.16. The number of benzene rings is 1. The molecule has 0 spiro atoms. The minimum absolute atomic E-state index is 0.0103. The zero-order valence-electron chi connectivity index (χ0n) is 8.99. The zero-order valence-corrected chi connectivity index (χ0v) is 8.99. The molecule has 1 atom stereocenters. The van der Waals surface area contributed by atoms with Gasteiger partial charge in [-0.2, -0.15) is 0 Å². The molecule has 1 saturated heterocycles. The van der Waals surface area contributed by atoms with Gasteiger partial charge in [0.05, 0.1) is 6.04 Å². The maximum Gasteiger partial charge on any atom is 0.407 e. The predicted octanol–water partition coefficient (Wildman–Crippen LogP) is 2.59. The first kappa shape index (κ1) is 10.0. The fraction of sp³-hybridized carbons (Fsp3) is 0.417. The van der Waals surface area contributed by atoms with E-state index in [1.165, 1.54) is 11.1 Å². The maximum atomic E-state index is 11.0. The summed E-state index contributed by atoms with van der Waals surface area (Å²) in [5.74, 6) is 0.457. The summed E-state index contributed by atoms with van der Waals surface area (Å²) < 4.78 is 4.90. The van der Waals surface area contributed by atoms with Crippen LogP contribution in [0.25, 0.3) is 0 Å². The smallest absolute Gasteiger partial charge is 0.407 e. The van der Waals surface area contributed by atoms with Gasteiger partial charge in [0.25, 0.3) is 0 Å². The largest absolute Gasteiger partial charge is 0.447 e. The van der Waals surface area contributed by atoms with Crippen LogP contribution in [0.2, 0.25) is 0 Å². The lowest BCUT2D eigenvalue weighted by atomic mass is 9.93. The number of rotatable bonds is 2. The van der Waals surface area contributed by atoms with Gasteiger partial charge in [-0.1, -0.05) is 38.1 Å². The second-order valence-electron chi connectivity index (χ2n) is 4.08. The van der Waals surface area contributed by atoms with Crippen LogP contribution in [0.4, 0.5) is 4.79 Å². The Labute approximate surface area is 89.4 Å². The summed E-state index contributed by atoms with van der Waals surface area (Å²) in [5.41, 5.74) is 2.44. The van der Waals surface area contributed by atoms with Crippen molar-refractivity contribution in [1.82, 2.24) is 5.32 Å². The third kappa shape index (κ3) is 1.96. The van der Waals surface area contributed by atoms with E-state index in [-0.39, 0.29) is 12.1 Å². The summed E-state index contributed by atoms with van der Waals surface area (Å²) in [5, 5.41) is 2.80. The summed E-state index contributed by atoms with van der Waals surface area (Å²) >= 11 is 0. The molecule has 1 aromatic carbocycles. The molecule has 1 unspecified atom stereocenters. The molecule has 0 aromatic heterocycles. The molecule has 1 amide bonds. The van der Waals surface area contributed by atoms with Crippen LogP contribution in [0.15, 0.2) is 24.3 Å². The fourth-order valence-electron chi connectivity index (χ4n) is 1.91. The first-order valence-corrected chi connectivity index (χ1v) is 5.20. The van der Waals surface area contributed by atoms with Crippen molar-refractivity contribution in [3.8, 4) is 0 Å². The molecule has 0 radical (unpaired) electrons. The van der Waals surface area contributed by atoms with E-state index in [1.807, 2.05) is 12.1 Å². The lowest BCUT2D eigenvalue weighted by Crippen LogP contribution is -2.19. The molecular formula is C12H15NO2. The highest BCUT2D eigenvalue weighted by Gasteiger charge is 2.25. The molecular weight excluding hydrogens is 190 g/mol. The molecule has 3 nitrogen and oxygen atoms in total. The molecule has 80 valence electrons. The van der Waals surface area contributed by atoms with Gasteiger partial charge in [-0.15, -0.1) is 0 Å². The number of alkyl carbamates (subject to hydrolysis) is 1. The normalized spacial score (nSPS) is 20.2. The molecule has 0 bridgehead atoms. The van der Waals surface area contributed by atoms with Crippen molar-refractivity contribution in [3.63, 3.8) is 0 Å². The fourth-order valence-corrected chi connectivity index (χ4v) is 1.91.